The van der Waals surface area contributed by atoms with Gasteiger partial charge in [-0.15, -0.1) is 0 Å². The van der Waals surface area contributed by atoms with Crippen molar-refractivity contribution in [2.45, 2.75) is 58.6 Å². The first-order valence-electron chi connectivity index (χ1n) is 10.2. The molecule has 0 bridgehead atoms. The highest BCUT2D eigenvalue weighted by molar-refractivity contribution is 5.69. The SMILES string of the molecule is C[C@H]1CC[C@H](c2cccc(OC[C@H]3CCNC3)c2)N(C(=O)OC(C)(C)C)C1. The maximum atomic E-state index is 12.8. The van der Waals surface area contributed by atoms with Crippen LogP contribution < -0.4 is 10.1 Å². The summed E-state index contributed by atoms with van der Waals surface area (Å²) in [7, 11) is 0. The molecule has 1 aromatic rings. The van der Waals surface area contributed by atoms with Crippen molar-refractivity contribution in [3.8, 4) is 5.75 Å². The second kappa shape index (κ2) is 8.51. The number of carbonyl (C=O) groups is 1. The van der Waals surface area contributed by atoms with Gasteiger partial charge in [0.25, 0.3) is 0 Å². The Morgan fingerprint density at radius 3 is 2.78 bits per heavy atom. The van der Waals surface area contributed by atoms with Crippen molar-refractivity contribution in [3.63, 3.8) is 0 Å². The Hall–Kier alpha value is -1.75. The highest BCUT2D eigenvalue weighted by Crippen LogP contribution is 2.35. The molecule has 3 atom stereocenters. The van der Waals surface area contributed by atoms with Gasteiger partial charge in [0.05, 0.1) is 12.6 Å². The molecule has 3 rings (SSSR count). The first-order valence-corrected chi connectivity index (χ1v) is 10.2. The van der Waals surface area contributed by atoms with Gasteiger partial charge in [-0.25, -0.2) is 4.79 Å². The number of piperidine rings is 1. The van der Waals surface area contributed by atoms with Gasteiger partial charge in [0, 0.05) is 19.0 Å². The fourth-order valence-electron chi connectivity index (χ4n) is 3.90. The minimum atomic E-state index is -0.484. The molecular formula is C22H34N2O3. The van der Waals surface area contributed by atoms with Crippen LogP contribution in [0.4, 0.5) is 4.79 Å². The van der Waals surface area contributed by atoms with Crippen molar-refractivity contribution >= 4 is 6.09 Å². The van der Waals surface area contributed by atoms with E-state index in [4.69, 9.17) is 9.47 Å². The Morgan fingerprint density at radius 2 is 2.07 bits per heavy atom. The Balaban J connectivity index is 1.71. The lowest BCUT2D eigenvalue weighted by molar-refractivity contribution is 0.00360. The monoisotopic (exact) mass is 374 g/mol. The van der Waals surface area contributed by atoms with Crippen molar-refractivity contribution in [1.82, 2.24) is 10.2 Å². The predicted molar refractivity (Wildman–Crippen MR) is 107 cm³/mol. The molecule has 2 aliphatic rings. The first kappa shape index (κ1) is 20.0. The summed E-state index contributed by atoms with van der Waals surface area (Å²) in [5.41, 5.74) is 0.651. The highest BCUT2D eigenvalue weighted by atomic mass is 16.6. The third-order valence-corrected chi connectivity index (χ3v) is 5.34. The zero-order chi connectivity index (χ0) is 19.4. The molecule has 2 saturated heterocycles. The van der Waals surface area contributed by atoms with Crippen LogP contribution >= 0.6 is 0 Å². The first-order chi connectivity index (χ1) is 12.8. The van der Waals surface area contributed by atoms with Crippen LogP contribution in [0.1, 0.15) is 58.6 Å². The van der Waals surface area contributed by atoms with Crippen LogP contribution in [-0.4, -0.2) is 42.8 Å². The molecule has 1 aromatic carbocycles. The average Bonchev–Trinajstić information content (AvgIpc) is 3.12. The lowest BCUT2D eigenvalue weighted by Gasteiger charge is -2.39. The number of hydrogen-bond acceptors (Lipinski definition) is 4. The molecule has 5 nitrogen and oxygen atoms in total. The lowest BCUT2D eigenvalue weighted by Crippen LogP contribution is -2.44. The van der Waals surface area contributed by atoms with Crippen molar-refractivity contribution in [1.29, 1.82) is 0 Å². The van der Waals surface area contributed by atoms with Crippen LogP contribution in [0, 0.1) is 11.8 Å². The van der Waals surface area contributed by atoms with Gasteiger partial charge in [-0.2, -0.15) is 0 Å². The van der Waals surface area contributed by atoms with Crippen LogP contribution in [0.25, 0.3) is 0 Å². The number of amides is 1. The van der Waals surface area contributed by atoms with Gasteiger partial charge in [-0.3, -0.25) is 0 Å². The number of benzene rings is 1. The maximum absolute atomic E-state index is 12.8. The molecule has 2 aliphatic heterocycles. The molecule has 0 spiro atoms. The fraction of sp³-hybridized carbons (Fsp3) is 0.682. The fourth-order valence-corrected chi connectivity index (χ4v) is 3.90. The summed E-state index contributed by atoms with van der Waals surface area (Å²) < 4.78 is 11.7. The number of carbonyl (C=O) groups excluding carboxylic acids is 1. The normalized spacial score (nSPS) is 26.1. The Kier molecular flexibility index (Phi) is 6.30. The van der Waals surface area contributed by atoms with Gasteiger partial charge < -0.3 is 19.7 Å². The van der Waals surface area contributed by atoms with Crippen molar-refractivity contribution < 1.29 is 14.3 Å². The summed E-state index contributed by atoms with van der Waals surface area (Å²) >= 11 is 0. The Morgan fingerprint density at radius 1 is 1.26 bits per heavy atom. The number of nitrogens with zero attached hydrogens (tertiary/aromatic N) is 1. The molecule has 2 fully saturated rings. The topological polar surface area (TPSA) is 50.8 Å². The number of hydrogen-bond donors (Lipinski definition) is 1. The zero-order valence-corrected chi connectivity index (χ0v) is 17.2. The molecule has 2 heterocycles. The lowest BCUT2D eigenvalue weighted by atomic mass is 9.90. The molecule has 1 amide bonds. The van der Waals surface area contributed by atoms with Gasteiger partial charge >= 0.3 is 6.09 Å². The van der Waals surface area contributed by atoms with E-state index in [1.54, 1.807) is 0 Å². The largest absolute Gasteiger partial charge is 0.493 e. The van der Waals surface area contributed by atoms with Crippen LogP contribution in [-0.2, 0) is 4.74 Å². The van der Waals surface area contributed by atoms with E-state index < -0.39 is 5.60 Å². The van der Waals surface area contributed by atoms with Crippen molar-refractivity contribution in [2.24, 2.45) is 11.8 Å². The summed E-state index contributed by atoms with van der Waals surface area (Å²) in [6.07, 6.45) is 3.02. The molecular weight excluding hydrogens is 340 g/mol. The van der Waals surface area contributed by atoms with E-state index in [-0.39, 0.29) is 12.1 Å². The van der Waals surface area contributed by atoms with Gasteiger partial charge in [-0.1, -0.05) is 19.1 Å². The summed E-state index contributed by atoms with van der Waals surface area (Å²) in [6, 6.07) is 8.29. The number of rotatable bonds is 4. The number of likely N-dealkylation sites (tertiary alicyclic amines) is 1. The molecule has 150 valence electrons. The van der Waals surface area contributed by atoms with Gasteiger partial charge in [0.2, 0.25) is 0 Å². The van der Waals surface area contributed by atoms with E-state index in [2.05, 4.69) is 24.4 Å². The summed E-state index contributed by atoms with van der Waals surface area (Å²) in [6.45, 7) is 11.5. The standard InChI is InChI=1S/C22H34N2O3/c1-16-8-9-20(24(14-16)21(25)27-22(2,3)4)18-6-5-7-19(12-18)26-15-17-10-11-23-13-17/h5-7,12,16-17,20,23H,8-11,13-15H2,1-4H3/t16-,17-,20+/m0/s1. The van der Waals surface area contributed by atoms with Crippen LogP contribution in [0.3, 0.4) is 0 Å². The summed E-state index contributed by atoms with van der Waals surface area (Å²) in [5.74, 6) is 1.97. The van der Waals surface area contributed by atoms with E-state index in [0.29, 0.717) is 11.8 Å². The molecule has 0 unspecified atom stereocenters. The zero-order valence-electron chi connectivity index (χ0n) is 17.2. The quantitative estimate of drug-likeness (QED) is 0.849. The second-order valence-corrected chi connectivity index (χ2v) is 9.07. The van der Waals surface area contributed by atoms with E-state index in [1.165, 1.54) is 6.42 Å². The molecule has 5 heteroatoms. The second-order valence-electron chi connectivity index (χ2n) is 9.07. The average molecular weight is 375 g/mol. The van der Waals surface area contributed by atoms with Crippen LogP contribution in [0.15, 0.2) is 24.3 Å². The van der Waals surface area contributed by atoms with Crippen LogP contribution in [0.5, 0.6) is 5.75 Å². The smallest absolute Gasteiger partial charge is 0.410 e. The molecule has 0 saturated carbocycles. The minimum absolute atomic E-state index is 0.0488. The third kappa shape index (κ3) is 5.61. The Bertz CT molecular complexity index is 635. The van der Waals surface area contributed by atoms with Gasteiger partial charge in [0.15, 0.2) is 0 Å². The highest BCUT2D eigenvalue weighted by Gasteiger charge is 2.34. The summed E-state index contributed by atoms with van der Waals surface area (Å²) in [4.78, 5) is 14.7. The van der Waals surface area contributed by atoms with Crippen molar-refractivity contribution in [2.75, 3.05) is 26.2 Å². The predicted octanol–water partition coefficient (Wildman–Crippen LogP) is 4.38. The van der Waals surface area contributed by atoms with Gasteiger partial charge in [-0.05, 0) is 70.2 Å². The Labute approximate surface area is 163 Å². The minimum Gasteiger partial charge on any atom is -0.493 e. The van der Waals surface area contributed by atoms with Crippen molar-refractivity contribution in [3.05, 3.63) is 29.8 Å². The summed E-state index contributed by atoms with van der Waals surface area (Å²) in [5, 5.41) is 3.37. The van der Waals surface area contributed by atoms with E-state index in [0.717, 1.165) is 50.4 Å². The van der Waals surface area contributed by atoms with E-state index >= 15 is 0 Å². The van der Waals surface area contributed by atoms with Gasteiger partial charge in [0.1, 0.15) is 11.4 Å². The number of ether oxygens (including phenoxy) is 2. The molecule has 0 aliphatic carbocycles. The molecule has 1 N–H and O–H groups in total. The molecule has 0 aromatic heterocycles. The van der Waals surface area contributed by atoms with Crippen LogP contribution in [0.2, 0.25) is 0 Å². The number of nitrogens with one attached hydrogen (secondary N) is 1. The van der Waals surface area contributed by atoms with E-state index in [9.17, 15) is 4.79 Å². The third-order valence-electron chi connectivity index (χ3n) is 5.34. The molecule has 0 radical (unpaired) electrons. The van der Waals surface area contributed by atoms with E-state index in [1.807, 2.05) is 37.8 Å². The maximum Gasteiger partial charge on any atom is 0.410 e. The molecule has 27 heavy (non-hydrogen) atoms.